The average molecular weight is 250 g/mol. The van der Waals surface area contributed by atoms with Gasteiger partial charge in [-0.05, 0) is 31.4 Å². The molecule has 2 N–H and O–H groups in total. The number of aromatic nitrogens is 1. The zero-order valence-corrected chi connectivity index (χ0v) is 10.9. The smallest absolute Gasteiger partial charge is 0.0501 e. The van der Waals surface area contributed by atoms with Crippen LogP contribution in [0.25, 0.3) is 0 Å². The van der Waals surface area contributed by atoms with Crippen LogP contribution >= 0.6 is 0 Å². The summed E-state index contributed by atoms with van der Waals surface area (Å²) in [5.41, 5.74) is 1.16. The lowest BCUT2D eigenvalue weighted by atomic mass is 9.81. The molecule has 2 rings (SSSR count). The fourth-order valence-corrected chi connectivity index (χ4v) is 2.31. The van der Waals surface area contributed by atoms with E-state index >= 15 is 0 Å². The Hall–Kier alpha value is -0.970. The highest BCUT2D eigenvalue weighted by Crippen LogP contribution is 2.29. The fraction of sp³-hybridized carbons (Fsp3) is 0.643. The van der Waals surface area contributed by atoms with Gasteiger partial charge in [-0.3, -0.25) is 4.98 Å². The summed E-state index contributed by atoms with van der Waals surface area (Å²) in [6.07, 6.45) is 5.52. The van der Waals surface area contributed by atoms with Crippen molar-refractivity contribution in [1.29, 1.82) is 0 Å². The topological polar surface area (TPSA) is 54.4 Å². The molecule has 1 aliphatic rings. The quantitative estimate of drug-likeness (QED) is 0.832. The third-order valence-electron chi connectivity index (χ3n) is 3.86. The van der Waals surface area contributed by atoms with Gasteiger partial charge in [0, 0.05) is 43.6 Å². The molecule has 1 fully saturated rings. The van der Waals surface area contributed by atoms with Gasteiger partial charge in [0.05, 0.1) is 6.61 Å². The van der Waals surface area contributed by atoms with Crippen LogP contribution in [0.4, 0.5) is 0 Å². The molecule has 0 amide bonds. The van der Waals surface area contributed by atoms with E-state index in [2.05, 4.69) is 23.3 Å². The highest BCUT2D eigenvalue weighted by molar-refractivity contribution is 5.12. The number of nitrogens with one attached hydrogen (secondary N) is 1. The van der Waals surface area contributed by atoms with Crippen molar-refractivity contribution in [2.45, 2.75) is 25.8 Å². The molecule has 1 unspecified atom stereocenters. The van der Waals surface area contributed by atoms with Crippen LogP contribution in [-0.2, 0) is 4.74 Å². The normalized spacial score (nSPS) is 20.6. The third-order valence-corrected chi connectivity index (χ3v) is 3.86. The molecule has 4 heteroatoms. The van der Waals surface area contributed by atoms with E-state index in [0.29, 0.717) is 0 Å². The number of aliphatic hydroxyl groups excluding tert-OH is 1. The van der Waals surface area contributed by atoms with Gasteiger partial charge >= 0.3 is 0 Å². The second kappa shape index (κ2) is 6.27. The van der Waals surface area contributed by atoms with E-state index in [9.17, 15) is 5.11 Å². The number of ether oxygens (including phenoxy) is 1. The monoisotopic (exact) mass is 250 g/mol. The maximum Gasteiger partial charge on any atom is 0.0501 e. The summed E-state index contributed by atoms with van der Waals surface area (Å²) < 4.78 is 5.37. The van der Waals surface area contributed by atoms with Gasteiger partial charge in [0.2, 0.25) is 0 Å². The Bertz CT molecular complexity index is 350. The molecule has 1 saturated heterocycles. The first-order valence-electron chi connectivity index (χ1n) is 6.58. The van der Waals surface area contributed by atoms with Crippen molar-refractivity contribution in [3.05, 3.63) is 30.1 Å². The average Bonchev–Trinajstić information content (AvgIpc) is 2.47. The molecule has 0 bridgehead atoms. The summed E-state index contributed by atoms with van der Waals surface area (Å²) >= 11 is 0. The van der Waals surface area contributed by atoms with Crippen molar-refractivity contribution in [3.63, 3.8) is 0 Å². The Morgan fingerprint density at radius 3 is 2.89 bits per heavy atom. The molecule has 0 aliphatic carbocycles. The Kier molecular flexibility index (Phi) is 4.69. The molecular formula is C14H22N2O2. The number of rotatable bonds is 5. The van der Waals surface area contributed by atoms with E-state index in [1.165, 1.54) is 5.56 Å². The van der Waals surface area contributed by atoms with Gasteiger partial charge in [-0.1, -0.05) is 6.07 Å². The number of hydrogen-bond acceptors (Lipinski definition) is 4. The second-order valence-corrected chi connectivity index (χ2v) is 5.16. The highest BCUT2D eigenvalue weighted by atomic mass is 16.5. The molecule has 2 heterocycles. The first-order valence-corrected chi connectivity index (χ1v) is 6.58. The zero-order chi connectivity index (χ0) is 12.8. The van der Waals surface area contributed by atoms with E-state index in [1.54, 1.807) is 6.20 Å². The number of aliphatic hydroxyl groups is 1. The van der Waals surface area contributed by atoms with Gasteiger partial charge in [0.15, 0.2) is 0 Å². The van der Waals surface area contributed by atoms with E-state index in [-0.39, 0.29) is 18.1 Å². The molecule has 1 aromatic heterocycles. The van der Waals surface area contributed by atoms with Crippen LogP contribution in [-0.4, -0.2) is 36.5 Å². The molecular weight excluding hydrogens is 228 g/mol. The Balaban J connectivity index is 1.90. The molecule has 0 spiro atoms. The predicted molar refractivity (Wildman–Crippen MR) is 70.2 cm³/mol. The highest BCUT2D eigenvalue weighted by Gasteiger charge is 2.32. The van der Waals surface area contributed by atoms with Gasteiger partial charge in [-0.2, -0.15) is 0 Å². The Morgan fingerprint density at radius 1 is 1.50 bits per heavy atom. The van der Waals surface area contributed by atoms with Crippen molar-refractivity contribution in [2.75, 3.05) is 26.4 Å². The molecule has 4 nitrogen and oxygen atoms in total. The summed E-state index contributed by atoms with van der Waals surface area (Å²) in [5.74, 6) is 0. The molecule has 0 saturated carbocycles. The maximum absolute atomic E-state index is 9.62. The first-order chi connectivity index (χ1) is 8.76. The van der Waals surface area contributed by atoms with Crippen LogP contribution in [0.3, 0.4) is 0 Å². The van der Waals surface area contributed by atoms with Gasteiger partial charge in [-0.25, -0.2) is 0 Å². The summed E-state index contributed by atoms with van der Waals surface area (Å²) in [6.45, 7) is 4.68. The minimum absolute atomic E-state index is 0.0191. The SMILES string of the molecule is CC(NCC1(CO)CCOCC1)c1cccnc1. The molecule has 18 heavy (non-hydrogen) atoms. The van der Waals surface area contributed by atoms with Crippen LogP contribution in [0.5, 0.6) is 0 Å². The number of nitrogens with zero attached hydrogens (tertiary/aromatic N) is 1. The van der Waals surface area contributed by atoms with E-state index in [4.69, 9.17) is 4.74 Å². The summed E-state index contributed by atoms with van der Waals surface area (Å²) in [7, 11) is 0. The molecule has 100 valence electrons. The van der Waals surface area contributed by atoms with Crippen molar-refractivity contribution >= 4 is 0 Å². The van der Waals surface area contributed by atoms with Crippen LogP contribution in [0.1, 0.15) is 31.4 Å². The van der Waals surface area contributed by atoms with E-state index in [1.807, 2.05) is 12.3 Å². The maximum atomic E-state index is 9.62. The lowest BCUT2D eigenvalue weighted by Gasteiger charge is -2.36. The van der Waals surface area contributed by atoms with E-state index < -0.39 is 0 Å². The number of pyridine rings is 1. The van der Waals surface area contributed by atoms with Crippen molar-refractivity contribution in [2.24, 2.45) is 5.41 Å². The summed E-state index contributed by atoms with van der Waals surface area (Å²) in [4.78, 5) is 4.13. The van der Waals surface area contributed by atoms with Crippen molar-refractivity contribution < 1.29 is 9.84 Å². The van der Waals surface area contributed by atoms with Gasteiger partial charge in [0.25, 0.3) is 0 Å². The first kappa shape index (κ1) is 13.5. The van der Waals surface area contributed by atoms with Crippen LogP contribution in [0.2, 0.25) is 0 Å². The minimum atomic E-state index is -0.0191. The molecule has 0 radical (unpaired) electrons. The van der Waals surface area contributed by atoms with Crippen LogP contribution in [0.15, 0.2) is 24.5 Å². The molecule has 1 aliphatic heterocycles. The lowest BCUT2D eigenvalue weighted by molar-refractivity contribution is -0.0163. The van der Waals surface area contributed by atoms with E-state index in [0.717, 1.165) is 32.6 Å². The Labute approximate surface area is 108 Å². The Morgan fingerprint density at radius 2 is 2.28 bits per heavy atom. The van der Waals surface area contributed by atoms with Gasteiger partial charge < -0.3 is 15.2 Å². The summed E-state index contributed by atoms with van der Waals surface area (Å²) in [6, 6.07) is 4.27. The van der Waals surface area contributed by atoms with Crippen LogP contribution in [0, 0.1) is 5.41 Å². The third kappa shape index (κ3) is 3.28. The van der Waals surface area contributed by atoms with Crippen LogP contribution < -0.4 is 5.32 Å². The van der Waals surface area contributed by atoms with Gasteiger partial charge in [0.1, 0.15) is 0 Å². The van der Waals surface area contributed by atoms with Crippen molar-refractivity contribution in [1.82, 2.24) is 10.3 Å². The largest absolute Gasteiger partial charge is 0.396 e. The lowest BCUT2D eigenvalue weighted by Crippen LogP contribution is -2.42. The standard InChI is InChI=1S/C14H22N2O2/c1-12(13-3-2-6-15-9-13)16-10-14(11-17)4-7-18-8-5-14/h2-3,6,9,12,16-17H,4-5,7-8,10-11H2,1H3. The molecule has 0 aromatic carbocycles. The summed E-state index contributed by atoms with van der Waals surface area (Å²) in [5, 5.41) is 13.1. The van der Waals surface area contributed by atoms with Gasteiger partial charge in [-0.15, -0.1) is 0 Å². The zero-order valence-electron chi connectivity index (χ0n) is 10.9. The predicted octanol–water partition coefficient (Wildman–Crippen LogP) is 1.52. The second-order valence-electron chi connectivity index (χ2n) is 5.16. The minimum Gasteiger partial charge on any atom is -0.396 e. The fourth-order valence-electron chi connectivity index (χ4n) is 2.31. The molecule has 1 atom stereocenters. The molecule has 1 aromatic rings. The van der Waals surface area contributed by atoms with Crippen molar-refractivity contribution in [3.8, 4) is 0 Å². The number of hydrogen-bond donors (Lipinski definition) is 2.